The van der Waals surface area contributed by atoms with Gasteiger partial charge in [0.15, 0.2) is 0 Å². The van der Waals surface area contributed by atoms with Crippen molar-refractivity contribution in [3.8, 4) is 0 Å². The van der Waals surface area contributed by atoms with E-state index in [2.05, 4.69) is 30.6 Å². The van der Waals surface area contributed by atoms with Gasteiger partial charge in [-0.25, -0.2) is 0 Å². The molecule has 0 aromatic rings. The Kier molecular flexibility index (Phi) is 7.21. The molecule has 0 fully saturated rings. The number of nitrogens with one attached hydrogen (secondary N) is 1. The summed E-state index contributed by atoms with van der Waals surface area (Å²) in [5.41, 5.74) is 6.10. The second-order valence-corrected chi connectivity index (χ2v) is 3.83. The molecule has 3 heteroatoms. The highest BCUT2D eigenvalue weighted by molar-refractivity contribution is 5.83. The van der Waals surface area contributed by atoms with Gasteiger partial charge in [-0.1, -0.05) is 31.7 Å². The Balaban J connectivity index is 4.26. The van der Waals surface area contributed by atoms with Crippen LogP contribution < -0.4 is 11.1 Å². The first kappa shape index (κ1) is 14.6. The molecule has 0 heterocycles. The van der Waals surface area contributed by atoms with Crippen molar-refractivity contribution in [2.75, 3.05) is 7.05 Å². The normalized spacial score (nSPS) is 14.6. The molecule has 0 aromatic carbocycles. The zero-order valence-corrected chi connectivity index (χ0v) is 10.2. The molecule has 0 bridgehead atoms. The number of likely N-dealkylation sites (N-methyl/N-ethyl adjacent to an activating group) is 1. The minimum atomic E-state index is -0.442. The van der Waals surface area contributed by atoms with Gasteiger partial charge in [0.05, 0.1) is 0 Å². The Morgan fingerprint density at radius 2 is 2.12 bits per heavy atom. The average Bonchev–Trinajstić information content (AvgIpc) is 2.24. The molecule has 0 aliphatic heterocycles. The van der Waals surface area contributed by atoms with E-state index in [0.717, 1.165) is 18.4 Å². The van der Waals surface area contributed by atoms with Crippen LogP contribution in [0.5, 0.6) is 0 Å². The summed E-state index contributed by atoms with van der Waals surface area (Å²) in [6, 6.07) is -0.442. The van der Waals surface area contributed by atoms with Gasteiger partial charge in [0.25, 0.3) is 0 Å². The highest BCUT2D eigenvalue weighted by Gasteiger charge is 2.20. The maximum atomic E-state index is 11.1. The van der Waals surface area contributed by atoms with Crippen molar-refractivity contribution in [3.05, 3.63) is 37.0 Å². The van der Waals surface area contributed by atoms with Crippen molar-refractivity contribution in [2.24, 2.45) is 11.7 Å². The molecule has 0 spiro atoms. The third kappa shape index (κ3) is 4.94. The van der Waals surface area contributed by atoms with Crippen LogP contribution in [0.1, 0.15) is 19.8 Å². The third-order valence-electron chi connectivity index (χ3n) is 2.54. The summed E-state index contributed by atoms with van der Waals surface area (Å²) in [6.45, 7) is 9.60. The van der Waals surface area contributed by atoms with E-state index in [4.69, 9.17) is 5.73 Å². The molecular formula is C13H22N2O. The summed E-state index contributed by atoms with van der Waals surface area (Å²) in [6.07, 6.45) is 7.69. The first-order valence-corrected chi connectivity index (χ1v) is 5.45. The number of amides is 1. The molecule has 0 saturated heterocycles. The fraction of sp³-hybridized carbons (Fsp3) is 0.462. The Hall–Kier alpha value is -1.35. The molecule has 0 aromatic heterocycles. The van der Waals surface area contributed by atoms with Crippen LogP contribution in [0.2, 0.25) is 0 Å². The summed E-state index contributed by atoms with van der Waals surface area (Å²) in [5.74, 6) is -0.152. The molecule has 0 radical (unpaired) electrons. The number of carbonyl (C=O) groups excluding carboxylic acids is 1. The number of hydrogen-bond acceptors (Lipinski definition) is 2. The van der Waals surface area contributed by atoms with Crippen molar-refractivity contribution >= 4 is 5.91 Å². The van der Waals surface area contributed by atoms with E-state index in [9.17, 15) is 4.79 Å². The Labute approximate surface area is 98.1 Å². The predicted molar refractivity (Wildman–Crippen MR) is 68.9 cm³/mol. The van der Waals surface area contributed by atoms with Gasteiger partial charge in [0, 0.05) is 0 Å². The van der Waals surface area contributed by atoms with Crippen LogP contribution in [0.25, 0.3) is 0 Å². The van der Waals surface area contributed by atoms with Gasteiger partial charge in [-0.15, -0.1) is 6.58 Å². The van der Waals surface area contributed by atoms with E-state index >= 15 is 0 Å². The minimum Gasteiger partial charge on any atom is -0.368 e. The van der Waals surface area contributed by atoms with Crippen molar-refractivity contribution in [1.82, 2.24) is 5.32 Å². The zero-order chi connectivity index (χ0) is 12.6. The summed E-state index contributed by atoms with van der Waals surface area (Å²) < 4.78 is 0. The number of rotatable bonds is 8. The molecular weight excluding hydrogens is 200 g/mol. The first-order valence-electron chi connectivity index (χ1n) is 5.45. The second-order valence-electron chi connectivity index (χ2n) is 3.83. The zero-order valence-electron chi connectivity index (χ0n) is 10.2. The van der Waals surface area contributed by atoms with Crippen LogP contribution >= 0.6 is 0 Å². The van der Waals surface area contributed by atoms with Crippen molar-refractivity contribution in [2.45, 2.75) is 25.8 Å². The van der Waals surface area contributed by atoms with E-state index in [1.807, 2.05) is 13.0 Å². The maximum Gasteiger partial charge on any atom is 0.238 e. The van der Waals surface area contributed by atoms with Crippen LogP contribution in [-0.2, 0) is 4.79 Å². The molecule has 2 atom stereocenters. The SMILES string of the molecule is C=CC/C=C/CC(C)C(=C)[C@H](NC)C(N)=O. The first-order chi connectivity index (χ1) is 7.54. The average molecular weight is 222 g/mol. The second kappa shape index (κ2) is 7.88. The number of nitrogens with two attached hydrogens (primary N) is 1. The highest BCUT2D eigenvalue weighted by atomic mass is 16.1. The molecule has 3 N–H and O–H groups in total. The molecule has 90 valence electrons. The number of allylic oxidation sites excluding steroid dienone is 3. The lowest BCUT2D eigenvalue weighted by Gasteiger charge is -2.20. The quantitative estimate of drug-likeness (QED) is 0.615. The third-order valence-corrected chi connectivity index (χ3v) is 2.54. The van der Waals surface area contributed by atoms with Crippen LogP contribution in [0.4, 0.5) is 0 Å². The van der Waals surface area contributed by atoms with E-state index < -0.39 is 6.04 Å². The van der Waals surface area contributed by atoms with E-state index in [1.54, 1.807) is 7.05 Å². The van der Waals surface area contributed by atoms with Gasteiger partial charge in [0.2, 0.25) is 5.91 Å². The summed E-state index contributed by atoms with van der Waals surface area (Å²) in [4.78, 5) is 11.1. The molecule has 1 unspecified atom stereocenters. The van der Waals surface area contributed by atoms with Gasteiger partial charge in [-0.2, -0.15) is 0 Å². The molecule has 0 saturated carbocycles. The van der Waals surface area contributed by atoms with Crippen molar-refractivity contribution in [3.63, 3.8) is 0 Å². The fourth-order valence-electron chi connectivity index (χ4n) is 1.44. The lowest BCUT2D eigenvalue weighted by atomic mass is 9.92. The highest BCUT2D eigenvalue weighted by Crippen LogP contribution is 2.17. The van der Waals surface area contributed by atoms with E-state index in [1.165, 1.54) is 0 Å². The minimum absolute atomic E-state index is 0.228. The van der Waals surface area contributed by atoms with Crippen LogP contribution in [0, 0.1) is 5.92 Å². The van der Waals surface area contributed by atoms with E-state index in [-0.39, 0.29) is 11.8 Å². The molecule has 0 aliphatic rings. The number of carbonyl (C=O) groups is 1. The molecule has 16 heavy (non-hydrogen) atoms. The Morgan fingerprint density at radius 1 is 1.50 bits per heavy atom. The van der Waals surface area contributed by atoms with Gasteiger partial charge in [-0.05, 0) is 31.4 Å². The molecule has 0 aliphatic carbocycles. The smallest absolute Gasteiger partial charge is 0.238 e. The number of hydrogen-bond donors (Lipinski definition) is 2. The molecule has 0 rings (SSSR count). The lowest BCUT2D eigenvalue weighted by molar-refractivity contribution is -0.119. The maximum absolute atomic E-state index is 11.1. The largest absolute Gasteiger partial charge is 0.368 e. The Morgan fingerprint density at radius 3 is 2.56 bits per heavy atom. The van der Waals surface area contributed by atoms with Gasteiger partial charge < -0.3 is 11.1 Å². The fourth-order valence-corrected chi connectivity index (χ4v) is 1.44. The summed E-state index contributed by atoms with van der Waals surface area (Å²) >= 11 is 0. The van der Waals surface area contributed by atoms with Gasteiger partial charge >= 0.3 is 0 Å². The molecule has 1 amide bonds. The van der Waals surface area contributed by atoms with E-state index in [0.29, 0.717) is 0 Å². The summed E-state index contributed by atoms with van der Waals surface area (Å²) in [7, 11) is 1.71. The molecule has 3 nitrogen and oxygen atoms in total. The van der Waals surface area contributed by atoms with Crippen molar-refractivity contribution < 1.29 is 4.79 Å². The topological polar surface area (TPSA) is 55.1 Å². The van der Waals surface area contributed by atoms with Crippen LogP contribution in [-0.4, -0.2) is 19.0 Å². The Bertz CT molecular complexity index is 282. The van der Waals surface area contributed by atoms with Gasteiger partial charge in [0.1, 0.15) is 6.04 Å². The standard InChI is InChI=1S/C13H22N2O/c1-5-6-7-8-9-10(2)11(3)12(15-4)13(14)16/h5,7-8,10,12,15H,1,3,6,9H2,2,4H3,(H2,14,16)/b8-7+/t10?,12-/m0/s1. The van der Waals surface area contributed by atoms with Crippen LogP contribution in [0.3, 0.4) is 0 Å². The summed E-state index contributed by atoms with van der Waals surface area (Å²) in [5, 5.41) is 2.87. The van der Waals surface area contributed by atoms with Gasteiger partial charge in [-0.3, -0.25) is 4.79 Å². The lowest BCUT2D eigenvalue weighted by Crippen LogP contribution is -2.41. The van der Waals surface area contributed by atoms with Crippen LogP contribution in [0.15, 0.2) is 37.0 Å². The number of primary amides is 1. The monoisotopic (exact) mass is 222 g/mol. The van der Waals surface area contributed by atoms with Crippen molar-refractivity contribution in [1.29, 1.82) is 0 Å². The predicted octanol–water partition coefficient (Wildman–Crippen LogP) is 1.77.